The maximum Gasteiger partial charge on any atom is 0.140 e. The summed E-state index contributed by atoms with van der Waals surface area (Å²) in [5, 5.41) is 25.8. The van der Waals surface area contributed by atoms with Crippen LogP contribution in [0, 0.1) is 22.7 Å². The Labute approximate surface area is 249 Å². The maximum absolute atomic E-state index is 9.55. The molecule has 0 saturated heterocycles. The molecule has 0 aliphatic carbocycles. The average molecular weight is 566 g/mol. The summed E-state index contributed by atoms with van der Waals surface area (Å²) in [7, 11) is 0. The molecule has 0 spiro atoms. The van der Waals surface area contributed by atoms with Gasteiger partial charge < -0.3 is 0 Å². The van der Waals surface area contributed by atoms with Crippen LogP contribution < -0.4 is 0 Å². The first-order valence-electron chi connectivity index (χ1n) is 13.9. The Morgan fingerprint density at radius 2 is 1.12 bits per heavy atom. The monoisotopic (exact) mass is 565 g/mol. The van der Waals surface area contributed by atoms with Gasteiger partial charge in [0.25, 0.3) is 0 Å². The fourth-order valence-corrected chi connectivity index (χ4v) is 7.79. The van der Waals surface area contributed by atoms with E-state index in [1.165, 1.54) is 20.2 Å². The van der Waals surface area contributed by atoms with E-state index in [1.54, 1.807) is 11.3 Å². The molecule has 5 nitrogen and oxygen atoms in total. The molecule has 0 aliphatic rings. The molecule has 5 aromatic carbocycles. The van der Waals surface area contributed by atoms with Gasteiger partial charge in [-0.3, -0.25) is 9.13 Å². The minimum atomic E-state index is 0.638. The number of hydrogen-bond acceptors (Lipinski definition) is 4. The fourth-order valence-electron chi connectivity index (χ4n) is 6.55. The van der Waals surface area contributed by atoms with Gasteiger partial charge in [-0.05, 0) is 66.7 Å². The third-order valence-electron chi connectivity index (χ3n) is 8.38. The van der Waals surface area contributed by atoms with Crippen molar-refractivity contribution in [2.24, 2.45) is 0 Å². The molecular formula is C37H19N5S. The normalized spacial score (nSPS) is 11.7. The van der Waals surface area contributed by atoms with Crippen LogP contribution in [0.4, 0.5) is 0 Å². The van der Waals surface area contributed by atoms with E-state index in [9.17, 15) is 10.5 Å². The van der Waals surface area contributed by atoms with Gasteiger partial charge in [0, 0.05) is 41.7 Å². The van der Waals surface area contributed by atoms with Crippen molar-refractivity contribution in [1.29, 1.82) is 10.5 Å². The number of pyridine rings is 1. The molecule has 6 heteroatoms. The van der Waals surface area contributed by atoms with Crippen LogP contribution in [0.1, 0.15) is 11.1 Å². The smallest absolute Gasteiger partial charge is 0.140 e. The van der Waals surface area contributed by atoms with E-state index in [0.29, 0.717) is 11.1 Å². The molecule has 0 bridgehead atoms. The Bertz CT molecular complexity index is 2710. The van der Waals surface area contributed by atoms with Gasteiger partial charge in [-0.15, -0.1) is 11.3 Å². The van der Waals surface area contributed by atoms with Crippen LogP contribution in [0.15, 0.2) is 115 Å². The third kappa shape index (κ3) is 3.27. The van der Waals surface area contributed by atoms with Crippen LogP contribution in [0.3, 0.4) is 0 Å². The van der Waals surface area contributed by atoms with E-state index in [4.69, 9.17) is 4.98 Å². The second kappa shape index (κ2) is 8.77. The summed E-state index contributed by atoms with van der Waals surface area (Å²) in [5.41, 5.74) is 5.54. The van der Waals surface area contributed by atoms with E-state index in [-0.39, 0.29) is 0 Å². The first kappa shape index (κ1) is 23.7. The lowest BCUT2D eigenvalue weighted by Crippen LogP contribution is -2.03. The molecule has 0 aliphatic heterocycles. The molecular weight excluding hydrogens is 547 g/mol. The molecule has 43 heavy (non-hydrogen) atoms. The SMILES string of the molecule is N#Cc1ccc2sc3c(ccc4c3c3ccccc3n4-c3cccc(-n4c5ccccc5c5cc(C#N)ccc54)n3)c2c1. The molecule has 0 fully saturated rings. The quantitative estimate of drug-likeness (QED) is 0.210. The number of nitriles is 2. The zero-order valence-electron chi connectivity index (χ0n) is 22.6. The van der Waals surface area contributed by atoms with Crippen LogP contribution >= 0.6 is 11.3 Å². The first-order valence-corrected chi connectivity index (χ1v) is 14.7. The van der Waals surface area contributed by atoms with Crippen LogP contribution in [-0.2, 0) is 0 Å². The second-order valence-corrected chi connectivity index (χ2v) is 11.7. The molecule has 0 radical (unpaired) electrons. The number of benzene rings is 5. The largest absolute Gasteiger partial charge is 0.294 e. The van der Waals surface area contributed by atoms with E-state index < -0.39 is 0 Å². The summed E-state index contributed by atoms with van der Waals surface area (Å²) in [4.78, 5) is 5.27. The zero-order chi connectivity index (χ0) is 28.7. The third-order valence-corrected chi connectivity index (χ3v) is 9.59. The molecule has 0 unspecified atom stereocenters. The summed E-state index contributed by atoms with van der Waals surface area (Å²) in [6, 6.07) is 43.6. The van der Waals surface area contributed by atoms with Crippen molar-refractivity contribution in [2.75, 3.05) is 0 Å². The Morgan fingerprint density at radius 3 is 1.88 bits per heavy atom. The molecule has 4 aromatic heterocycles. The Kier molecular flexibility index (Phi) is 4.84. The average Bonchev–Trinajstić information content (AvgIpc) is 3.71. The summed E-state index contributed by atoms with van der Waals surface area (Å²) >= 11 is 1.77. The highest BCUT2D eigenvalue weighted by atomic mass is 32.1. The van der Waals surface area contributed by atoms with Crippen LogP contribution in [0.2, 0.25) is 0 Å². The lowest BCUT2D eigenvalue weighted by molar-refractivity contribution is 1.01. The second-order valence-electron chi connectivity index (χ2n) is 10.7. The van der Waals surface area contributed by atoms with Crippen molar-refractivity contribution >= 4 is 75.1 Å². The predicted octanol–water partition coefficient (Wildman–Crippen LogP) is 9.39. The number of para-hydroxylation sites is 2. The van der Waals surface area contributed by atoms with E-state index >= 15 is 0 Å². The standard InChI is InChI=1S/C37H19N5S/c38-20-22-12-15-31-27(18-22)24-6-1-3-8-29(24)41(31)34-10-5-11-35(40-34)42-30-9-4-2-7-26(30)36-32(42)16-14-25-28-19-23(21-39)13-17-33(28)43-37(25)36/h1-19H. The highest BCUT2D eigenvalue weighted by Crippen LogP contribution is 2.43. The van der Waals surface area contributed by atoms with Crippen molar-refractivity contribution in [3.63, 3.8) is 0 Å². The van der Waals surface area contributed by atoms with Gasteiger partial charge in [-0.2, -0.15) is 10.5 Å². The lowest BCUT2D eigenvalue weighted by atomic mass is 10.1. The van der Waals surface area contributed by atoms with Gasteiger partial charge in [-0.25, -0.2) is 4.98 Å². The van der Waals surface area contributed by atoms with Crippen molar-refractivity contribution < 1.29 is 0 Å². The maximum atomic E-state index is 9.55. The first-order chi connectivity index (χ1) is 21.2. The Balaban J connectivity index is 1.34. The zero-order valence-corrected chi connectivity index (χ0v) is 23.4. The van der Waals surface area contributed by atoms with Gasteiger partial charge in [0.1, 0.15) is 11.6 Å². The number of nitrogens with zero attached hydrogens (tertiary/aromatic N) is 5. The van der Waals surface area contributed by atoms with Crippen LogP contribution in [0.25, 0.3) is 75.4 Å². The van der Waals surface area contributed by atoms with Crippen molar-refractivity contribution in [3.8, 4) is 23.8 Å². The molecule has 0 N–H and O–H groups in total. The van der Waals surface area contributed by atoms with Gasteiger partial charge in [0.2, 0.25) is 0 Å². The van der Waals surface area contributed by atoms with Gasteiger partial charge in [-0.1, -0.05) is 48.5 Å². The predicted molar refractivity (Wildman–Crippen MR) is 175 cm³/mol. The van der Waals surface area contributed by atoms with E-state index in [1.807, 2.05) is 48.5 Å². The summed E-state index contributed by atoms with van der Waals surface area (Å²) in [5.74, 6) is 1.64. The van der Waals surface area contributed by atoms with Crippen molar-refractivity contribution in [3.05, 3.63) is 126 Å². The highest BCUT2D eigenvalue weighted by molar-refractivity contribution is 7.26. The molecule has 198 valence electrons. The number of aromatic nitrogens is 3. The van der Waals surface area contributed by atoms with Gasteiger partial charge >= 0.3 is 0 Å². The van der Waals surface area contributed by atoms with Gasteiger partial charge in [0.05, 0.1) is 45.3 Å². The van der Waals surface area contributed by atoms with E-state index in [2.05, 4.69) is 88.0 Å². The lowest BCUT2D eigenvalue weighted by Gasteiger charge is -2.11. The van der Waals surface area contributed by atoms with Crippen molar-refractivity contribution in [1.82, 2.24) is 14.1 Å². The number of hydrogen-bond donors (Lipinski definition) is 0. The molecule has 0 atom stereocenters. The molecule has 0 amide bonds. The number of thiophene rings is 1. The fraction of sp³-hybridized carbons (Fsp3) is 0. The van der Waals surface area contributed by atoms with E-state index in [0.717, 1.165) is 55.2 Å². The van der Waals surface area contributed by atoms with Gasteiger partial charge in [0.15, 0.2) is 0 Å². The van der Waals surface area contributed by atoms with Crippen molar-refractivity contribution in [2.45, 2.75) is 0 Å². The Morgan fingerprint density at radius 1 is 0.512 bits per heavy atom. The Hall–Kier alpha value is -5.95. The number of rotatable bonds is 2. The van der Waals surface area contributed by atoms with Crippen LogP contribution in [-0.4, -0.2) is 14.1 Å². The number of fused-ring (bicyclic) bond motifs is 10. The minimum absolute atomic E-state index is 0.638. The molecule has 4 heterocycles. The van der Waals surface area contributed by atoms with Crippen LogP contribution in [0.5, 0.6) is 0 Å². The molecule has 0 saturated carbocycles. The minimum Gasteiger partial charge on any atom is -0.294 e. The summed E-state index contributed by atoms with van der Waals surface area (Å²) < 4.78 is 6.81. The topological polar surface area (TPSA) is 70.3 Å². The summed E-state index contributed by atoms with van der Waals surface area (Å²) in [6.07, 6.45) is 0. The molecule has 9 rings (SSSR count). The molecule has 9 aromatic rings. The summed E-state index contributed by atoms with van der Waals surface area (Å²) in [6.45, 7) is 0. The highest BCUT2D eigenvalue weighted by Gasteiger charge is 2.19.